The number of amides is 1. The third-order valence-electron chi connectivity index (χ3n) is 5.30. The summed E-state index contributed by atoms with van der Waals surface area (Å²) in [6, 6.07) is 26.1. The van der Waals surface area contributed by atoms with E-state index in [0.29, 0.717) is 43.0 Å². The number of ether oxygens (including phenoxy) is 1. The summed E-state index contributed by atoms with van der Waals surface area (Å²) in [5.41, 5.74) is 1.29. The molecule has 1 fully saturated rings. The lowest BCUT2D eigenvalue weighted by Gasteiger charge is -2.31. The van der Waals surface area contributed by atoms with Gasteiger partial charge in [0.25, 0.3) is 5.91 Å². The molecule has 29 heavy (non-hydrogen) atoms. The second-order valence-corrected chi connectivity index (χ2v) is 7.21. The lowest BCUT2D eigenvalue weighted by atomic mass is 9.88. The zero-order valence-electron chi connectivity index (χ0n) is 16.2. The first kappa shape index (κ1) is 18.9. The highest BCUT2D eigenvalue weighted by atomic mass is 16.5. The Labute approximate surface area is 170 Å². The Morgan fingerprint density at radius 3 is 2.03 bits per heavy atom. The molecule has 146 valence electrons. The third-order valence-corrected chi connectivity index (χ3v) is 5.30. The fourth-order valence-corrected chi connectivity index (χ4v) is 3.70. The molecular formula is C25H23NO3. The van der Waals surface area contributed by atoms with Crippen LogP contribution in [-0.4, -0.2) is 29.7 Å². The van der Waals surface area contributed by atoms with Crippen molar-refractivity contribution in [2.75, 3.05) is 13.1 Å². The van der Waals surface area contributed by atoms with Gasteiger partial charge in [0.1, 0.15) is 11.5 Å². The highest BCUT2D eigenvalue weighted by Gasteiger charge is 2.29. The predicted molar refractivity (Wildman–Crippen MR) is 112 cm³/mol. The molecule has 0 atom stereocenters. The van der Waals surface area contributed by atoms with Gasteiger partial charge in [-0.15, -0.1) is 0 Å². The number of benzene rings is 3. The Bertz CT molecular complexity index is 977. The summed E-state index contributed by atoms with van der Waals surface area (Å²) in [7, 11) is 0. The monoisotopic (exact) mass is 385 g/mol. The molecule has 4 nitrogen and oxygen atoms in total. The Morgan fingerprint density at radius 1 is 0.759 bits per heavy atom. The smallest absolute Gasteiger partial charge is 0.257 e. The van der Waals surface area contributed by atoms with Crippen LogP contribution in [0.1, 0.15) is 33.6 Å². The molecule has 1 aliphatic heterocycles. The molecule has 0 aromatic heterocycles. The third kappa shape index (κ3) is 4.37. The van der Waals surface area contributed by atoms with Crippen molar-refractivity contribution in [1.29, 1.82) is 0 Å². The number of nitrogens with zero attached hydrogens (tertiary/aromatic N) is 1. The zero-order valence-corrected chi connectivity index (χ0v) is 16.2. The molecule has 4 heteroatoms. The predicted octanol–water partition coefficient (Wildman–Crippen LogP) is 5.21. The van der Waals surface area contributed by atoms with E-state index >= 15 is 0 Å². The van der Waals surface area contributed by atoms with Crippen molar-refractivity contribution in [2.45, 2.75) is 12.8 Å². The second kappa shape index (κ2) is 8.74. The molecule has 4 rings (SSSR count). The molecule has 0 N–H and O–H groups in total. The van der Waals surface area contributed by atoms with Crippen molar-refractivity contribution in [3.05, 3.63) is 96.1 Å². The van der Waals surface area contributed by atoms with Crippen LogP contribution >= 0.6 is 0 Å². The van der Waals surface area contributed by atoms with Gasteiger partial charge in [0.05, 0.1) is 5.56 Å². The molecule has 0 saturated carbocycles. The number of Topliss-reactive ketones (excluding diaryl/α,β-unsaturated/α-hetero) is 1. The van der Waals surface area contributed by atoms with Gasteiger partial charge in [-0.25, -0.2) is 0 Å². The number of carbonyl (C=O) groups is 2. The topological polar surface area (TPSA) is 46.6 Å². The molecule has 0 spiro atoms. The van der Waals surface area contributed by atoms with Gasteiger partial charge in [-0.2, -0.15) is 0 Å². The lowest BCUT2D eigenvalue weighted by molar-refractivity contribution is 0.0648. The highest BCUT2D eigenvalue weighted by molar-refractivity contribution is 5.99. The first-order valence-corrected chi connectivity index (χ1v) is 9.93. The van der Waals surface area contributed by atoms with Crippen molar-refractivity contribution in [3.63, 3.8) is 0 Å². The zero-order chi connectivity index (χ0) is 20.1. The fourth-order valence-electron chi connectivity index (χ4n) is 3.70. The standard InChI is InChI=1S/C25H23NO3/c27-24(19-9-3-1-4-10-19)20-15-17-26(18-16-20)25(28)22-13-7-8-14-23(22)29-21-11-5-2-6-12-21/h1-14,20H,15-18H2. The summed E-state index contributed by atoms with van der Waals surface area (Å²) in [5.74, 6) is 1.33. The van der Waals surface area contributed by atoms with E-state index in [1.807, 2.05) is 83.8 Å². The second-order valence-electron chi connectivity index (χ2n) is 7.21. The molecule has 1 heterocycles. The maximum absolute atomic E-state index is 13.1. The van der Waals surface area contributed by atoms with Crippen molar-refractivity contribution < 1.29 is 14.3 Å². The van der Waals surface area contributed by atoms with Gasteiger partial charge in [0.2, 0.25) is 0 Å². The van der Waals surface area contributed by atoms with Crippen LogP contribution in [0.2, 0.25) is 0 Å². The van der Waals surface area contributed by atoms with Crippen LogP contribution in [0.15, 0.2) is 84.9 Å². The van der Waals surface area contributed by atoms with Crippen LogP contribution in [0.5, 0.6) is 11.5 Å². The largest absolute Gasteiger partial charge is 0.457 e. The average molecular weight is 385 g/mol. The number of ketones is 1. The highest BCUT2D eigenvalue weighted by Crippen LogP contribution is 2.28. The van der Waals surface area contributed by atoms with E-state index < -0.39 is 0 Å². The average Bonchev–Trinajstić information content (AvgIpc) is 2.80. The Hall–Kier alpha value is -3.40. The Morgan fingerprint density at radius 2 is 1.34 bits per heavy atom. The van der Waals surface area contributed by atoms with Crippen molar-refractivity contribution in [2.24, 2.45) is 5.92 Å². The number of carbonyl (C=O) groups excluding carboxylic acids is 2. The van der Waals surface area contributed by atoms with E-state index in [1.54, 1.807) is 6.07 Å². The maximum atomic E-state index is 13.1. The molecule has 3 aromatic rings. The number of likely N-dealkylation sites (tertiary alicyclic amines) is 1. The number of para-hydroxylation sites is 2. The van der Waals surface area contributed by atoms with E-state index in [0.717, 1.165) is 5.56 Å². The van der Waals surface area contributed by atoms with Crippen LogP contribution in [0, 0.1) is 5.92 Å². The molecule has 0 bridgehead atoms. The van der Waals surface area contributed by atoms with Gasteiger partial charge in [-0.1, -0.05) is 60.7 Å². The molecule has 3 aromatic carbocycles. The van der Waals surface area contributed by atoms with Crippen molar-refractivity contribution in [1.82, 2.24) is 4.90 Å². The van der Waals surface area contributed by atoms with E-state index in [1.165, 1.54) is 0 Å². The molecule has 1 saturated heterocycles. The van der Waals surface area contributed by atoms with E-state index in [9.17, 15) is 9.59 Å². The summed E-state index contributed by atoms with van der Waals surface area (Å²) in [6.07, 6.45) is 1.36. The van der Waals surface area contributed by atoms with Gasteiger partial charge in [-0.05, 0) is 37.1 Å². The lowest BCUT2D eigenvalue weighted by Crippen LogP contribution is -2.40. The van der Waals surface area contributed by atoms with E-state index in [4.69, 9.17) is 4.74 Å². The normalized spacial score (nSPS) is 14.4. The molecule has 1 amide bonds. The molecular weight excluding hydrogens is 362 g/mol. The molecule has 0 aliphatic carbocycles. The van der Waals surface area contributed by atoms with Crippen LogP contribution in [0.25, 0.3) is 0 Å². The SMILES string of the molecule is O=C(c1ccccc1)C1CCN(C(=O)c2ccccc2Oc2ccccc2)CC1. The van der Waals surface area contributed by atoms with Crippen LogP contribution in [-0.2, 0) is 0 Å². The Kier molecular flexibility index (Phi) is 5.71. The molecule has 0 radical (unpaired) electrons. The van der Waals surface area contributed by atoms with Crippen LogP contribution < -0.4 is 4.74 Å². The van der Waals surface area contributed by atoms with Crippen LogP contribution in [0.4, 0.5) is 0 Å². The Balaban J connectivity index is 1.43. The minimum Gasteiger partial charge on any atom is -0.457 e. The number of rotatable bonds is 5. The van der Waals surface area contributed by atoms with Gasteiger partial charge < -0.3 is 9.64 Å². The summed E-state index contributed by atoms with van der Waals surface area (Å²) < 4.78 is 5.94. The van der Waals surface area contributed by atoms with E-state index in [2.05, 4.69) is 0 Å². The minimum atomic E-state index is -0.0536. The molecule has 1 aliphatic rings. The van der Waals surface area contributed by atoms with E-state index in [-0.39, 0.29) is 17.6 Å². The van der Waals surface area contributed by atoms with Crippen LogP contribution in [0.3, 0.4) is 0 Å². The number of hydrogen-bond donors (Lipinski definition) is 0. The fraction of sp³-hybridized carbons (Fsp3) is 0.200. The first-order valence-electron chi connectivity index (χ1n) is 9.93. The maximum Gasteiger partial charge on any atom is 0.257 e. The summed E-state index contributed by atoms with van der Waals surface area (Å²) >= 11 is 0. The summed E-state index contributed by atoms with van der Waals surface area (Å²) in [4.78, 5) is 27.6. The summed E-state index contributed by atoms with van der Waals surface area (Å²) in [5, 5.41) is 0. The molecule has 0 unspecified atom stereocenters. The quantitative estimate of drug-likeness (QED) is 0.566. The summed E-state index contributed by atoms with van der Waals surface area (Å²) in [6.45, 7) is 1.14. The minimum absolute atomic E-state index is 0.0303. The van der Waals surface area contributed by atoms with Gasteiger partial charge in [0, 0.05) is 24.6 Å². The van der Waals surface area contributed by atoms with Crippen molar-refractivity contribution in [3.8, 4) is 11.5 Å². The first-order chi connectivity index (χ1) is 14.2. The van der Waals surface area contributed by atoms with Gasteiger partial charge >= 0.3 is 0 Å². The van der Waals surface area contributed by atoms with Gasteiger partial charge in [-0.3, -0.25) is 9.59 Å². The number of hydrogen-bond acceptors (Lipinski definition) is 3. The van der Waals surface area contributed by atoms with Crippen molar-refractivity contribution >= 4 is 11.7 Å². The van der Waals surface area contributed by atoms with Gasteiger partial charge in [0.15, 0.2) is 5.78 Å². The number of piperidine rings is 1.